The predicted molar refractivity (Wildman–Crippen MR) is 144 cm³/mol. The van der Waals surface area contributed by atoms with E-state index in [-0.39, 0.29) is 5.56 Å². The lowest BCUT2D eigenvalue weighted by molar-refractivity contribution is -0.0584. The Labute approximate surface area is 226 Å². The normalized spacial score (nSPS) is 17.9. The molecule has 0 saturated carbocycles. The predicted octanol–water partition coefficient (Wildman–Crippen LogP) is 4.80. The van der Waals surface area contributed by atoms with E-state index in [1.54, 1.807) is 21.0 Å². The molecule has 5 rings (SSSR count). The number of rotatable bonds is 8. The van der Waals surface area contributed by atoms with Crippen molar-refractivity contribution in [2.75, 3.05) is 43.6 Å². The van der Waals surface area contributed by atoms with Crippen LogP contribution in [0.15, 0.2) is 24.3 Å². The maximum Gasteiger partial charge on any atom is 0.298 e. The average molecular weight is 545 g/mol. The minimum atomic E-state index is -3.68. The lowest BCUT2D eigenvalue weighted by atomic mass is 9.91. The van der Waals surface area contributed by atoms with Crippen LogP contribution in [0.4, 0.5) is 24.7 Å². The third-order valence-corrected chi connectivity index (χ3v) is 8.04. The van der Waals surface area contributed by atoms with Crippen molar-refractivity contribution in [2.24, 2.45) is 0 Å². The van der Waals surface area contributed by atoms with Crippen LogP contribution in [0.5, 0.6) is 0 Å². The number of aliphatic hydroxyl groups is 2. The van der Waals surface area contributed by atoms with Crippen LogP contribution in [0.25, 0.3) is 10.9 Å². The van der Waals surface area contributed by atoms with Crippen molar-refractivity contribution in [1.82, 2.24) is 9.97 Å². The minimum absolute atomic E-state index is 0.0554. The average Bonchev–Trinajstić information content (AvgIpc) is 3.39. The first-order valence-corrected chi connectivity index (χ1v) is 13.4. The van der Waals surface area contributed by atoms with Gasteiger partial charge >= 0.3 is 0 Å². The molecule has 210 valence electrons. The molecule has 0 amide bonds. The van der Waals surface area contributed by atoms with Gasteiger partial charge < -0.3 is 25.2 Å². The molecule has 1 saturated heterocycles. The van der Waals surface area contributed by atoms with Gasteiger partial charge in [0.15, 0.2) is 0 Å². The van der Waals surface area contributed by atoms with Crippen LogP contribution in [-0.2, 0) is 23.5 Å². The van der Waals surface area contributed by atoms with Crippen molar-refractivity contribution in [2.45, 2.75) is 63.5 Å². The number of piperidine rings is 1. The second kappa shape index (κ2) is 10.6. The Morgan fingerprint density at radius 3 is 2.59 bits per heavy atom. The van der Waals surface area contributed by atoms with E-state index >= 15 is 4.39 Å². The largest absolute Gasteiger partial charge is 0.390 e. The monoisotopic (exact) mass is 544 g/mol. The van der Waals surface area contributed by atoms with Crippen LogP contribution in [0, 0.1) is 12.7 Å². The van der Waals surface area contributed by atoms with Crippen LogP contribution in [-0.4, -0.2) is 59.2 Å². The number of benzene rings is 2. The van der Waals surface area contributed by atoms with Crippen molar-refractivity contribution in [3.63, 3.8) is 0 Å². The summed E-state index contributed by atoms with van der Waals surface area (Å²) in [6.45, 7) is 3.68. The van der Waals surface area contributed by atoms with Crippen molar-refractivity contribution in [1.29, 1.82) is 0 Å². The van der Waals surface area contributed by atoms with Gasteiger partial charge in [-0.05, 0) is 69.2 Å². The molecule has 1 atom stereocenters. The standard InChI is InChI=1S/C29H35F3N4O3/c1-17(19-6-5-9-23(25(19)30)29(31,32)15-37)33-27-22-14-24(36-12-10-28(38,11-13-36)16-39-3)20-7-4-8-21(20)26(22)34-18(2)35-27/h5-6,9,14,17,37-38H,4,7-8,10-13,15-16H2,1-3H3,(H,33,34,35). The second-order valence-corrected chi connectivity index (χ2v) is 10.8. The SMILES string of the molecule is COCC1(O)CCN(c2cc3c(NC(C)c4cccc(C(F)(F)CO)c4F)nc(C)nc3c3c2CCC3)CC1. The van der Waals surface area contributed by atoms with Gasteiger partial charge in [-0.1, -0.05) is 12.1 Å². The van der Waals surface area contributed by atoms with E-state index in [2.05, 4.69) is 21.3 Å². The minimum Gasteiger partial charge on any atom is -0.390 e. The van der Waals surface area contributed by atoms with E-state index in [0.29, 0.717) is 44.2 Å². The van der Waals surface area contributed by atoms with Crippen molar-refractivity contribution >= 4 is 22.4 Å². The molecule has 1 aliphatic carbocycles. The molecule has 7 nitrogen and oxygen atoms in total. The van der Waals surface area contributed by atoms with E-state index in [1.807, 2.05) is 0 Å². The smallest absolute Gasteiger partial charge is 0.298 e. The maximum atomic E-state index is 15.2. The Hall–Kier alpha value is -2.95. The topological polar surface area (TPSA) is 90.7 Å². The zero-order valence-electron chi connectivity index (χ0n) is 22.5. The molecule has 1 aromatic heterocycles. The molecular formula is C29H35F3N4O3. The van der Waals surface area contributed by atoms with Crippen LogP contribution >= 0.6 is 0 Å². The molecule has 1 aliphatic heterocycles. The zero-order valence-corrected chi connectivity index (χ0v) is 22.5. The summed E-state index contributed by atoms with van der Waals surface area (Å²) in [5.74, 6) is -3.67. The summed E-state index contributed by atoms with van der Waals surface area (Å²) in [6.07, 6.45) is 4.03. The number of halogens is 3. The van der Waals surface area contributed by atoms with Gasteiger partial charge in [-0.25, -0.2) is 14.4 Å². The number of alkyl halides is 2. The Morgan fingerprint density at radius 1 is 1.18 bits per heavy atom. The second-order valence-electron chi connectivity index (χ2n) is 10.8. The van der Waals surface area contributed by atoms with Gasteiger partial charge in [0.05, 0.1) is 29.3 Å². The summed E-state index contributed by atoms with van der Waals surface area (Å²) in [4.78, 5) is 11.7. The van der Waals surface area contributed by atoms with Gasteiger partial charge in [-0.15, -0.1) is 0 Å². The van der Waals surface area contributed by atoms with E-state index in [1.165, 1.54) is 23.3 Å². The number of ether oxygens (including phenoxy) is 1. The Morgan fingerprint density at radius 2 is 1.90 bits per heavy atom. The van der Waals surface area contributed by atoms with E-state index < -0.39 is 35.6 Å². The number of aromatic nitrogens is 2. The third kappa shape index (κ3) is 5.17. The van der Waals surface area contributed by atoms with Crippen molar-refractivity contribution in [3.05, 3.63) is 58.2 Å². The van der Waals surface area contributed by atoms with Crippen molar-refractivity contribution < 1.29 is 28.1 Å². The fourth-order valence-corrected chi connectivity index (χ4v) is 5.96. The van der Waals surface area contributed by atoms with Gasteiger partial charge in [-0.3, -0.25) is 0 Å². The number of hydrogen-bond donors (Lipinski definition) is 3. The first kappa shape index (κ1) is 27.6. The summed E-state index contributed by atoms with van der Waals surface area (Å²) in [7, 11) is 1.60. The highest BCUT2D eigenvalue weighted by Crippen LogP contribution is 2.41. The summed E-state index contributed by atoms with van der Waals surface area (Å²) < 4.78 is 48.7. The molecule has 0 radical (unpaired) electrons. The third-order valence-electron chi connectivity index (χ3n) is 8.04. The highest BCUT2D eigenvalue weighted by molar-refractivity contribution is 5.96. The highest BCUT2D eigenvalue weighted by Gasteiger charge is 2.36. The molecule has 3 aromatic rings. The Balaban J connectivity index is 1.53. The zero-order chi connectivity index (χ0) is 27.9. The molecule has 0 bridgehead atoms. The molecule has 2 aromatic carbocycles. The Bertz CT molecular complexity index is 1380. The number of nitrogens with zero attached hydrogens (tertiary/aromatic N) is 3. The lowest BCUT2D eigenvalue weighted by Gasteiger charge is -2.39. The van der Waals surface area contributed by atoms with Crippen LogP contribution in [0.3, 0.4) is 0 Å². The first-order chi connectivity index (χ1) is 18.6. The molecule has 39 heavy (non-hydrogen) atoms. The Kier molecular flexibility index (Phi) is 7.47. The fraction of sp³-hybridized carbons (Fsp3) is 0.517. The number of methoxy groups -OCH3 is 1. The van der Waals surface area contributed by atoms with E-state index in [9.17, 15) is 13.9 Å². The summed E-state index contributed by atoms with van der Waals surface area (Å²) >= 11 is 0. The molecule has 10 heteroatoms. The van der Waals surface area contributed by atoms with Gasteiger partial charge in [0.2, 0.25) is 0 Å². The molecule has 3 N–H and O–H groups in total. The summed E-state index contributed by atoms with van der Waals surface area (Å²) in [5.41, 5.74) is 2.77. The summed E-state index contributed by atoms with van der Waals surface area (Å²) in [5, 5.41) is 23.9. The molecule has 1 fully saturated rings. The van der Waals surface area contributed by atoms with E-state index in [4.69, 9.17) is 14.8 Å². The van der Waals surface area contributed by atoms with Gasteiger partial charge in [0.1, 0.15) is 24.1 Å². The number of nitrogens with one attached hydrogen (secondary N) is 1. The molecule has 2 heterocycles. The first-order valence-electron chi connectivity index (χ1n) is 13.4. The molecule has 2 aliphatic rings. The van der Waals surface area contributed by atoms with Gasteiger partial charge in [0, 0.05) is 36.8 Å². The van der Waals surface area contributed by atoms with Gasteiger partial charge in [0.25, 0.3) is 5.92 Å². The quantitative estimate of drug-likeness (QED) is 0.375. The van der Waals surface area contributed by atoms with E-state index in [0.717, 1.165) is 41.9 Å². The number of anilines is 2. The maximum absolute atomic E-state index is 15.2. The summed E-state index contributed by atoms with van der Waals surface area (Å²) in [6, 6.07) is 5.20. The number of hydrogen-bond acceptors (Lipinski definition) is 7. The van der Waals surface area contributed by atoms with Gasteiger partial charge in [-0.2, -0.15) is 8.78 Å². The molecular weight excluding hydrogens is 509 g/mol. The lowest BCUT2D eigenvalue weighted by Crippen LogP contribution is -2.47. The number of aliphatic hydroxyl groups excluding tert-OH is 1. The van der Waals surface area contributed by atoms with Crippen LogP contribution in [0.1, 0.15) is 60.3 Å². The molecule has 0 spiro atoms. The number of fused-ring (bicyclic) bond motifs is 3. The highest BCUT2D eigenvalue weighted by atomic mass is 19.3. The number of aryl methyl sites for hydroxylation is 2. The van der Waals surface area contributed by atoms with Crippen molar-refractivity contribution in [3.8, 4) is 0 Å². The fourth-order valence-electron chi connectivity index (χ4n) is 5.96. The van der Waals surface area contributed by atoms with Crippen LogP contribution < -0.4 is 10.2 Å². The molecule has 1 unspecified atom stereocenters. The van der Waals surface area contributed by atoms with Crippen LogP contribution in [0.2, 0.25) is 0 Å².